The summed E-state index contributed by atoms with van der Waals surface area (Å²) in [4.78, 5) is 0. The monoisotopic (exact) mass is 550 g/mol. The summed E-state index contributed by atoms with van der Waals surface area (Å²) in [5.41, 5.74) is 3.16. The molecule has 4 heteroatoms. The van der Waals surface area contributed by atoms with Gasteiger partial charge in [-0.1, -0.05) is 41.2 Å². The molecule has 0 spiro atoms. The molecule has 0 radical (unpaired) electrons. The summed E-state index contributed by atoms with van der Waals surface area (Å²) in [6.45, 7) is 18.5. The minimum absolute atomic E-state index is 0.00791. The highest BCUT2D eigenvalue weighted by atomic mass is 16.3. The first-order valence-corrected chi connectivity index (χ1v) is 16.4. The molecule has 5 aliphatic rings. The lowest BCUT2D eigenvalue weighted by Crippen LogP contribution is -2.66. The molecule has 40 heavy (non-hydrogen) atoms. The predicted molar refractivity (Wildman–Crippen MR) is 159 cm³/mol. The number of fused-ring (bicyclic) bond motifs is 7. The Hall–Kier alpha value is -1.23. The summed E-state index contributed by atoms with van der Waals surface area (Å²) >= 11 is 0. The van der Waals surface area contributed by atoms with E-state index in [1.807, 2.05) is 12.1 Å². The zero-order valence-corrected chi connectivity index (χ0v) is 26.0. The van der Waals surface area contributed by atoms with Gasteiger partial charge in [0.1, 0.15) is 0 Å². The van der Waals surface area contributed by atoms with Crippen LogP contribution in [0.25, 0.3) is 0 Å². The quantitative estimate of drug-likeness (QED) is 0.291. The van der Waals surface area contributed by atoms with E-state index in [1.165, 1.54) is 44.1 Å². The van der Waals surface area contributed by atoms with Crippen molar-refractivity contribution in [2.75, 3.05) is 6.61 Å². The Morgan fingerprint density at radius 2 is 1.57 bits per heavy atom. The fourth-order valence-corrected chi connectivity index (χ4v) is 12.5. The standard InChI is InChI=1S/C36H56NO3/c1-24(21-37-19-12-25(22-38)13-20-37)26-9-16-36(23-39)18-17-34(5)27(31(26)36)7-8-29-33(4)14-11-30(40)32(2,3)28(33)10-15-35(29,34)6/h12-13,19-20,26-31,38-40H,1,7-11,14-18,21-23H2,2-6H3/q+1/t26-,27?,28?,29?,30-,31?,33-,34+,35+,36+/m0/s1. The van der Waals surface area contributed by atoms with Gasteiger partial charge in [0.05, 0.1) is 12.7 Å². The van der Waals surface area contributed by atoms with Crippen molar-refractivity contribution in [1.82, 2.24) is 0 Å². The molecular weight excluding hydrogens is 494 g/mol. The Labute approximate surface area is 243 Å². The molecule has 222 valence electrons. The number of aliphatic hydroxyl groups excluding tert-OH is 3. The fourth-order valence-electron chi connectivity index (χ4n) is 12.5. The molecule has 0 saturated heterocycles. The normalized spacial score (nSPS) is 47.5. The van der Waals surface area contributed by atoms with Crippen molar-refractivity contribution >= 4 is 0 Å². The summed E-state index contributed by atoms with van der Waals surface area (Å²) in [5.74, 6) is 2.89. The molecule has 3 N–H and O–H groups in total. The lowest BCUT2D eigenvalue weighted by atomic mass is 9.32. The van der Waals surface area contributed by atoms with E-state index in [-0.39, 0.29) is 29.0 Å². The molecule has 1 heterocycles. The zero-order chi connectivity index (χ0) is 28.7. The first-order valence-electron chi connectivity index (χ1n) is 16.4. The van der Waals surface area contributed by atoms with Gasteiger partial charge in [-0.15, -0.1) is 0 Å². The number of hydrogen-bond acceptors (Lipinski definition) is 3. The van der Waals surface area contributed by atoms with E-state index in [1.54, 1.807) is 0 Å². The predicted octanol–water partition coefficient (Wildman–Crippen LogP) is 6.46. The maximum atomic E-state index is 11.0. The lowest BCUT2D eigenvalue weighted by Gasteiger charge is -2.73. The first-order chi connectivity index (χ1) is 18.9. The second kappa shape index (κ2) is 9.64. The van der Waals surface area contributed by atoms with Gasteiger partial charge in [0.25, 0.3) is 0 Å². The summed E-state index contributed by atoms with van der Waals surface area (Å²) in [7, 11) is 0. The van der Waals surface area contributed by atoms with E-state index in [4.69, 9.17) is 6.58 Å². The SMILES string of the molecule is C=C(C[n+]1ccc(CO)cc1)[C@@H]1CC[C@]2(CO)CC[C@]3(C)C(CCC4[C@@]5(C)CC[C@H](O)C(C)(C)C5CC[C@]43C)C12. The maximum absolute atomic E-state index is 11.0. The van der Waals surface area contributed by atoms with Crippen LogP contribution in [0.5, 0.6) is 0 Å². The number of pyridine rings is 1. The Morgan fingerprint density at radius 3 is 2.25 bits per heavy atom. The number of hydrogen-bond donors (Lipinski definition) is 3. The van der Waals surface area contributed by atoms with Crippen molar-refractivity contribution in [2.45, 2.75) is 118 Å². The number of aromatic nitrogens is 1. The third kappa shape index (κ3) is 3.83. The van der Waals surface area contributed by atoms with Gasteiger partial charge >= 0.3 is 0 Å². The van der Waals surface area contributed by atoms with E-state index in [2.05, 4.69) is 51.6 Å². The van der Waals surface area contributed by atoms with E-state index < -0.39 is 0 Å². The third-order valence-electron chi connectivity index (χ3n) is 15.0. The van der Waals surface area contributed by atoms with Gasteiger partial charge in [-0.05, 0) is 132 Å². The van der Waals surface area contributed by atoms with Gasteiger partial charge in [0.15, 0.2) is 18.9 Å². The summed E-state index contributed by atoms with van der Waals surface area (Å²) in [5, 5.41) is 31.4. The van der Waals surface area contributed by atoms with E-state index in [0.29, 0.717) is 47.0 Å². The van der Waals surface area contributed by atoms with Crippen molar-refractivity contribution in [3.63, 3.8) is 0 Å². The minimum Gasteiger partial charge on any atom is -0.396 e. The molecule has 0 bridgehead atoms. The van der Waals surface area contributed by atoms with Gasteiger partial charge < -0.3 is 15.3 Å². The molecule has 0 amide bonds. The van der Waals surface area contributed by atoms with Gasteiger partial charge in [-0.25, -0.2) is 4.57 Å². The van der Waals surface area contributed by atoms with Gasteiger partial charge in [0.2, 0.25) is 0 Å². The fraction of sp³-hybridized carbons (Fsp3) is 0.806. The van der Waals surface area contributed by atoms with Crippen molar-refractivity contribution in [2.24, 2.45) is 56.7 Å². The Balaban J connectivity index is 1.32. The largest absolute Gasteiger partial charge is 0.396 e. The van der Waals surface area contributed by atoms with E-state index in [9.17, 15) is 15.3 Å². The van der Waals surface area contributed by atoms with Crippen LogP contribution in [-0.2, 0) is 13.2 Å². The molecule has 0 aromatic carbocycles. The van der Waals surface area contributed by atoms with E-state index >= 15 is 0 Å². The zero-order valence-electron chi connectivity index (χ0n) is 26.0. The first kappa shape index (κ1) is 28.9. The number of allylic oxidation sites excluding steroid dienone is 1. The topological polar surface area (TPSA) is 64.6 Å². The average Bonchev–Trinajstić information content (AvgIpc) is 3.32. The molecule has 0 aliphatic heterocycles. The highest BCUT2D eigenvalue weighted by Gasteiger charge is 2.70. The Morgan fingerprint density at radius 1 is 0.850 bits per heavy atom. The smallest absolute Gasteiger partial charge is 0.169 e. The molecule has 1 aromatic rings. The van der Waals surface area contributed by atoms with Crippen LogP contribution in [-0.4, -0.2) is 28.0 Å². The van der Waals surface area contributed by atoms with Crippen molar-refractivity contribution in [3.8, 4) is 0 Å². The van der Waals surface area contributed by atoms with Gasteiger partial charge in [-0.3, -0.25) is 0 Å². The van der Waals surface area contributed by atoms with Crippen molar-refractivity contribution < 1.29 is 19.9 Å². The highest BCUT2D eigenvalue weighted by molar-refractivity contribution is 5.22. The lowest BCUT2D eigenvalue weighted by molar-refractivity contribution is -0.689. The van der Waals surface area contributed by atoms with Crippen LogP contribution in [0.15, 0.2) is 36.7 Å². The van der Waals surface area contributed by atoms with Crippen molar-refractivity contribution in [3.05, 3.63) is 42.2 Å². The number of aliphatic hydroxyl groups is 3. The summed E-state index contributed by atoms with van der Waals surface area (Å²) in [6.07, 6.45) is 15.8. The Bertz CT molecular complexity index is 1130. The molecule has 4 unspecified atom stereocenters. The molecule has 5 saturated carbocycles. The van der Waals surface area contributed by atoms with Crippen LogP contribution < -0.4 is 4.57 Å². The number of nitrogens with zero attached hydrogens (tertiary/aromatic N) is 1. The molecular formula is C36H56NO3+. The van der Waals surface area contributed by atoms with E-state index in [0.717, 1.165) is 37.8 Å². The van der Waals surface area contributed by atoms with Gasteiger partial charge in [0, 0.05) is 18.7 Å². The molecule has 1 aromatic heterocycles. The van der Waals surface area contributed by atoms with Crippen LogP contribution in [0, 0.1) is 56.7 Å². The molecule has 10 atom stereocenters. The molecule has 5 fully saturated rings. The second-order valence-corrected chi connectivity index (χ2v) is 16.4. The van der Waals surface area contributed by atoms with Gasteiger partial charge in [-0.2, -0.15) is 0 Å². The van der Waals surface area contributed by atoms with Crippen LogP contribution >= 0.6 is 0 Å². The molecule has 4 nitrogen and oxygen atoms in total. The molecule has 6 rings (SSSR count). The highest BCUT2D eigenvalue weighted by Crippen LogP contribution is 2.77. The minimum atomic E-state index is -0.176. The Kier molecular flexibility index (Phi) is 6.96. The summed E-state index contributed by atoms with van der Waals surface area (Å²) < 4.78 is 2.21. The average molecular weight is 551 g/mol. The maximum Gasteiger partial charge on any atom is 0.169 e. The van der Waals surface area contributed by atoms with Crippen LogP contribution in [0.2, 0.25) is 0 Å². The number of rotatable bonds is 5. The van der Waals surface area contributed by atoms with Crippen LogP contribution in [0.4, 0.5) is 0 Å². The third-order valence-corrected chi connectivity index (χ3v) is 15.0. The summed E-state index contributed by atoms with van der Waals surface area (Å²) in [6, 6.07) is 4.00. The molecule has 5 aliphatic carbocycles. The van der Waals surface area contributed by atoms with Crippen LogP contribution in [0.3, 0.4) is 0 Å². The van der Waals surface area contributed by atoms with Crippen molar-refractivity contribution in [1.29, 1.82) is 0 Å². The van der Waals surface area contributed by atoms with Crippen LogP contribution in [0.1, 0.15) is 104 Å². The second-order valence-electron chi connectivity index (χ2n) is 16.4.